The van der Waals surface area contributed by atoms with Crippen molar-refractivity contribution in [1.82, 2.24) is 0 Å². The quantitative estimate of drug-likeness (QED) is 0.529. The van der Waals surface area contributed by atoms with Gasteiger partial charge in [0, 0.05) is 33.3 Å². The Bertz CT molecular complexity index is 75.3. The predicted octanol–water partition coefficient (Wildman–Crippen LogP) is -0.469. The summed E-state index contributed by atoms with van der Waals surface area (Å²) in [5.74, 6) is -1.67. The predicted molar refractivity (Wildman–Crippen MR) is 33.8 cm³/mol. The van der Waals surface area contributed by atoms with Crippen LogP contribution in [-0.2, 0) is 29.1 Å². The molecule has 0 atom stereocenters. The molecule has 0 aromatic heterocycles. The number of aliphatic carboxylic acids is 2. The van der Waals surface area contributed by atoms with E-state index in [4.69, 9.17) is 19.8 Å². The van der Waals surface area contributed by atoms with Crippen molar-refractivity contribution in [1.29, 1.82) is 0 Å². The van der Waals surface area contributed by atoms with Gasteiger partial charge in [-0.3, -0.25) is 9.59 Å². The van der Waals surface area contributed by atoms with Gasteiger partial charge in [-0.05, 0) is 0 Å². The molecule has 0 rings (SSSR count). The van der Waals surface area contributed by atoms with E-state index in [-0.39, 0.29) is 49.0 Å². The van der Waals surface area contributed by atoms with Crippen molar-refractivity contribution in [2.24, 2.45) is 0 Å². The van der Waals surface area contributed by atoms with E-state index in [0.29, 0.717) is 0 Å². The van der Waals surface area contributed by atoms with E-state index in [2.05, 4.69) is 0 Å². The van der Waals surface area contributed by atoms with Gasteiger partial charge in [0.25, 0.3) is 11.9 Å². The second-order valence-electron chi connectivity index (χ2n) is 1.04. The van der Waals surface area contributed by atoms with Crippen molar-refractivity contribution < 1.29 is 39.3 Å². The Morgan fingerprint density at radius 3 is 1.00 bits per heavy atom. The largest absolute Gasteiger partial charge is 0 e. The molecule has 4 nitrogen and oxygen atoms in total. The third-order valence-electron chi connectivity index (χ3n) is 0. The van der Waals surface area contributed by atoms with Crippen LogP contribution in [-0.4, -0.2) is 51.7 Å². The third kappa shape index (κ3) is 1540. The average Bonchev–Trinajstić information content (AvgIpc) is 1.25. The van der Waals surface area contributed by atoms with Crippen molar-refractivity contribution in [3.63, 3.8) is 0 Å². The smallest absolute Gasteiger partial charge is 0 e. The van der Waals surface area contributed by atoms with Crippen molar-refractivity contribution in [3.05, 3.63) is 0 Å². The summed E-state index contributed by atoms with van der Waals surface area (Å²) in [6, 6.07) is 0. The molecular weight excluding hydrogens is 200 g/mol. The fourth-order valence-corrected chi connectivity index (χ4v) is 0. The first-order valence-electron chi connectivity index (χ1n) is 1.86. The van der Waals surface area contributed by atoms with Crippen LogP contribution < -0.4 is 0 Å². The standard InChI is InChI=1S/2C2H4O2.Na.Zn.H/c2*1-2(3)4;;;/h2*1H3,(H,3,4);;;. The summed E-state index contributed by atoms with van der Waals surface area (Å²) in [5, 5.41) is 14.8. The van der Waals surface area contributed by atoms with Gasteiger partial charge >= 0.3 is 29.6 Å². The molecule has 0 aromatic rings. The van der Waals surface area contributed by atoms with E-state index >= 15 is 0 Å². The van der Waals surface area contributed by atoms with Gasteiger partial charge in [-0.1, -0.05) is 0 Å². The fraction of sp³-hybridized carbons (Fsp3) is 0.500. The number of carboxylic acid groups (broad SMARTS) is 2. The molecule has 0 amide bonds. The van der Waals surface area contributed by atoms with Crippen molar-refractivity contribution in [3.8, 4) is 0 Å². The molecule has 0 aliphatic carbocycles. The molecule has 10 heavy (non-hydrogen) atoms. The summed E-state index contributed by atoms with van der Waals surface area (Å²) in [7, 11) is 0. The Labute approximate surface area is 94.0 Å². The maximum Gasteiger partial charge on any atom is 0 e. The van der Waals surface area contributed by atoms with Gasteiger partial charge in [-0.25, -0.2) is 0 Å². The Balaban J connectivity index is -0.0000000300. The maximum absolute atomic E-state index is 9.00. The van der Waals surface area contributed by atoms with Gasteiger partial charge in [-0.15, -0.1) is 0 Å². The normalized spacial score (nSPS) is 5.00. The number of carbonyl (C=O) groups is 2. The molecule has 2 N–H and O–H groups in total. The second-order valence-corrected chi connectivity index (χ2v) is 1.04. The number of hydrogen-bond donors (Lipinski definition) is 2. The monoisotopic (exact) mass is 208 g/mol. The van der Waals surface area contributed by atoms with Crippen molar-refractivity contribution in [2.45, 2.75) is 13.8 Å². The Morgan fingerprint density at radius 1 is 1.00 bits per heavy atom. The minimum Gasteiger partial charge on any atom is 0 e. The van der Waals surface area contributed by atoms with Gasteiger partial charge in [0.15, 0.2) is 0 Å². The molecule has 0 unspecified atom stereocenters. The molecule has 0 spiro atoms. The number of rotatable bonds is 0. The SMILES string of the molecule is CC(=O)O.CC(=O)O.[NaH].[Zn]. The molecule has 0 aliphatic rings. The van der Waals surface area contributed by atoms with Crippen LogP contribution in [0.25, 0.3) is 0 Å². The number of carboxylic acids is 2. The van der Waals surface area contributed by atoms with Crippen LogP contribution in [0.5, 0.6) is 0 Å². The molecular formula is C4H9NaO4Zn. The zero-order valence-corrected chi connectivity index (χ0v) is 8.39. The van der Waals surface area contributed by atoms with Gasteiger partial charge in [-0.2, -0.15) is 0 Å². The Morgan fingerprint density at radius 2 is 1.00 bits per heavy atom. The van der Waals surface area contributed by atoms with Crippen LogP contribution in [0.15, 0.2) is 0 Å². The van der Waals surface area contributed by atoms with Gasteiger partial charge in [0.2, 0.25) is 0 Å². The molecule has 0 fully saturated rings. The van der Waals surface area contributed by atoms with E-state index < -0.39 is 11.9 Å². The molecule has 0 radical (unpaired) electrons. The fourth-order valence-electron chi connectivity index (χ4n) is 0. The van der Waals surface area contributed by atoms with Crippen LogP contribution in [0.1, 0.15) is 13.8 Å². The summed E-state index contributed by atoms with van der Waals surface area (Å²) < 4.78 is 0. The van der Waals surface area contributed by atoms with Crippen LogP contribution in [0.3, 0.4) is 0 Å². The van der Waals surface area contributed by atoms with E-state index in [0.717, 1.165) is 13.8 Å². The van der Waals surface area contributed by atoms with Gasteiger partial charge < -0.3 is 10.2 Å². The molecule has 0 saturated carbocycles. The minimum absolute atomic E-state index is 0. The first kappa shape index (κ1) is 22.4. The molecule has 0 heterocycles. The molecule has 0 bridgehead atoms. The van der Waals surface area contributed by atoms with Crippen LogP contribution in [0, 0.1) is 0 Å². The van der Waals surface area contributed by atoms with E-state index in [1.807, 2.05) is 0 Å². The Hall–Kier alpha value is 0.563. The summed E-state index contributed by atoms with van der Waals surface area (Å²) in [6.07, 6.45) is 0. The van der Waals surface area contributed by atoms with Crippen molar-refractivity contribution >= 4 is 41.5 Å². The topological polar surface area (TPSA) is 74.6 Å². The molecule has 6 heteroatoms. The molecule has 0 saturated heterocycles. The third-order valence-corrected chi connectivity index (χ3v) is 0. The summed E-state index contributed by atoms with van der Waals surface area (Å²) in [5.41, 5.74) is 0. The second kappa shape index (κ2) is 16.3. The van der Waals surface area contributed by atoms with Gasteiger partial charge in [0.1, 0.15) is 0 Å². The minimum atomic E-state index is -0.833. The van der Waals surface area contributed by atoms with Crippen LogP contribution in [0.2, 0.25) is 0 Å². The van der Waals surface area contributed by atoms with Gasteiger partial charge in [0.05, 0.1) is 0 Å². The van der Waals surface area contributed by atoms with Crippen LogP contribution in [0.4, 0.5) is 0 Å². The first-order valence-corrected chi connectivity index (χ1v) is 1.86. The zero-order chi connectivity index (χ0) is 7.15. The summed E-state index contributed by atoms with van der Waals surface area (Å²) >= 11 is 0. The van der Waals surface area contributed by atoms with Crippen molar-refractivity contribution in [2.75, 3.05) is 0 Å². The molecule has 52 valence electrons. The summed E-state index contributed by atoms with van der Waals surface area (Å²) in [6.45, 7) is 2.17. The zero-order valence-electron chi connectivity index (χ0n) is 5.42. The van der Waals surface area contributed by atoms with E-state index in [9.17, 15) is 0 Å². The van der Waals surface area contributed by atoms with Crippen LogP contribution >= 0.6 is 0 Å². The maximum atomic E-state index is 9.00. The van der Waals surface area contributed by atoms with E-state index in [1.54, 1.807) is 0 Å². The molecule has 0 aliphatic heterocycles. The molecule has 0 aromatic carbocycles. The number of hydrogen-bond acceptors (Lipinski definition) is 2. The first-order chi connectivity index (χ1) is 3.46. The van der Waals surface area contributed by atoms with E-state index in [1.165, 1.54) is 0 Å². The average molecular weight is 209 g/mol. The Kier molecular flexibility index (Phi) is 36.5. The summed E-state index contributed by atoms with van der Waals surface area (Å²) in [4.78, 5) is 18.0.